The molecule has 2 amide bonds. The Kier molecular flexibility index (Phi) is 5.83. The summed E-state index contributed by atoms with van der Waals surface area (Å²) in [6.45, 7) is 3.89. The minimum absolute atomic E-state index is 0.166. The van der Waals surface area contributed by atoms with E-state index in [-0.39, 0.29) is 24.4 Å². The average molecular weight is 334 g/mol. The number of carbonyl (C=O) groups is 3. The number of likely N-dealkylation sites (tertiary alicyclic amines) is 1. The first-order chi connectivity index (χ1) is 11.4. The van der Waals surface area contributed by atoms with Gasteiger partial charge in [-0.15, -0.1) is 0 Å². The lowest BCUT2D eigenvalue weighted by atomic mass is 10.1. The minimum Gasteiger partial charge on any atom is -0.480 e. The Morgan fingerprint density at radius 1 is 1.25 bits per heavy atom. The second-order valence-electron chi connectivity index (χ2n) is 5.96. The fourth-order valence-electron chi connectivity index (χ4n) is 2.90. The van der Waals surface area contributed by atoms with Crippen molar-refractivity contribution in [1.29, 1.82) is 0 Å². The molecule has 24 heavy (non-hydrogen) atoms. The van der Waals surface area contributed by atoms with Gasteiger partial charge >= 0.3 is 5.97 Å². The van der Waals surface area contributed by atoms with Gasteiger partial charge in [-0.1, -0.05) is 0 Å². The monoisotopic (exact) mass is 334 g/mol. The summed E-state index contributed by atoms with van der Waals surface area (Å²) in [6.07, 6.45) is 4.96. The first kappa shape index (κ1) is 17.8. The van der Waals surface area contributed by atoms with Gasteiger partial charge in [-0.25, -0.2) is 4.98 Å². The number of aryl methyl sites for hydroxylation is 1. The van der Waals surface area contributed by atoms with Gasteiger partial charge < -0.3 is 14.9 Å². The Morgan fingerprint density at radius 3 is 2.58 bits per heavy atom. The van der Waals surface area contributed by atoms with Gasteiger partial charge in [0, 0.05) is 32.3 Å². The lowest BCUT2D eigenvalue weighted by molar-refractivity contribution is -0.145. The van der Waals surface area contributed by atoms with E-state index >= 15 is 0 Å². The molecule has 0 saturated carbocycles. The first-order valence-corrected chi connectivity index (χ1v) is 7.95. The van der Waals surface area contributed by atoms with Crippen LogP contribution in [-0.2, 0) is 9.59 Å². The minimum atomic E-state index is -1.03. The number of hydrogen-bond donors (Lipinski definition) is 1. The highest BCUT2D eigenvalue weighted by atomic mass is 16.4. The van der Waals surface area contributed by atoms with Crippen LogP contribution in [0.1, 0.15) is 42.4 Å². The molecule has 0 radical (unpaired) electrons. The first-order valence-electron chi connectivity index (χ1n) is 7.95. The molecular formula is C16H22N4O4. The summed E-state index contributed by atoms with van der Waals surface area (Å²) in [5.74, 6) is -1.47. The van der Waals surface area contributed by atoms with Gasteiger partial charge in [0.2, 0.25) is 5.91 Å². The van der Waals surface area contributed by atoms with Crippen LogP contribution in [0.25, 0.3) is 0 Å². The summed E-state index contributed by atoms with van der Waals surface area (Å²) < 4.78 is 0. The number of hydrogen-bond acceptors (Lipinski definition) is 5. The molecule has 0 aromatic carbocycles. The fourth-order valence-corrected chi connectivity index (χ4v) is 2.90. The van der Waals surface area contributed by atoms with Gasteiger partial charge in [-0.3, -0.25) is 19.4 Å². The van der Waals surface area contributed by atoms with Gasteiger partial charge in [-0.2, -0.15) is 0 Å². The summed E-state index contributed by atoms with van der Waals surface area (Å²) in [5.41, 5.74) is 1.04. The highest BCUT2D eigenvalue weighted by molar-refractivity contribution is 5.92. The van der Waals surface area contributed by atoms with Crippen molar-refractivity contribution < 1.29 is 19.5 Å². The fraction of sp³-hybridized carbons (Fsp3) is 0.562. The maximum absolute atomic E-state index is 12.5. The molecule has 1 aliphatic heterocycles. The lowest BCUT2D eigenvalue weighted by Gasteiger charge is -2.28. The molecular weight excluding hydrogens is 312 g/mol. The maximum atomic E-state index is 12.5. The van der Waals surface area contributed by atoms with E-state index in [0.29, 0.717) is 38.0 Å². The summed E-state index contributed by atoms with van der Waals surface area (Å²) in [5, 5.41) is 8.97. The van der Waals surface area contributed by atoms with Crippen molar-refractivity contribution in [2.45, 2.75) is 39.2 Å². The molecule has 2 rings (SSSR count). The molecule has 0 bridgehead atoms. The number of aliphatic carboxylic acids is 1. The van der Waals surface area contributed by atoms with E-state index in [9.17, 15) is 14.4 Å². The largest absolute Gasteiger partial charge is 0.480 e. The third kappa shape index (κ3) is 4.50. The number of amides is 2. The smallest absolute Gasteiger partial charge is 0.323 e. The van der Waals surface area contributed by atoms with Crippen LogP contribution in [0.3, 0.4) is 0 Å². The summed E-state index contributed by atoms with van der Waals surface area (Å²) in [4.78, 5) is 46.4. The van der Waals surface area contributed by atoms with E-state index in [4.69, 9.17) is 5.11 Å². The van der Waals surface area contributed by atoms with Crippen molar-refractivity contribution in [3.63, 3.8) is 0 Å². The van der Waals surface area contributed by atoms with Crippen LogP contribution in [0.2, 0.25) is 0 Å². The van der Waals surface area contributed by atoms with Crippen molar-refractivity contribution in [2.75, 3.05) is 19.6 Å². The third-order valence-electron chi connectivity index (χ3n) is 4.14. The Bertz CT molecular complexity index is 617. The number of carboxylic acids is 1. The number of rotatable bonds is 4. The van der Waals surface area contributed by atoms with Crippen LogP contribution in [-0.4, -0.2) is 68.3 Å². The zero-order valence-corrected chi connectivity index (χ0v) is 13.9. The van der Waals surface area contributed by atoms with Crippen LogP contribution < -0.4 is 0 Å². The summed E-state index contributed by atoms with van der Waals surface area (Å²) in [6, 6.07) is -0.166. The van der Waals surface area contributed by atoms with Crippen LogP contribution in [0.5, 0.6) is 0 Å². The van der Waals surface area contributed by atoms with Gasteiger partial charge in [0.15, 0.2) is 0 Å². The van der Waals surface area contributed by atoms with Crippen molar-refractivity contribution in [2.24, 2.45) is 0 Å². The van der Waals surface area contributed by atoms with Crippen molar-refractivity contribution in [1.82, 2.24) is 19.8 Å². The normalized spacial score (nSPS) is 17.9. The van der Waals surface area contributed by atoms with E-state index < -0.39 is 5.97 Å². The van der Waals surface area contributed by atoms with Gasteiger partial charge in [0.05, 0.1) is 11.9 Å². The molecule has 0 aliphatic carbocycles. The molecule has 1 aromatic rings. The van der Waals surface area contributed by atoms with Crippen LogP contribution in [0.4, 0.5) is 0 Å². The predicted molar refractivity (Wildman–Crippen MR) is 85.3 cm³/mol. The number of nitrogens with zero attached hydrogens (tertiary/aromatic N) is 4. The van der Waals surface area contributed by atoms with E-state index in [1.54, 1.807) is 18.0 Å². The lowest BCUT2D eigenvalue weighted by Crippen LogP contribution is -2.43. The van der Waals surface area contributed by atoms with Crippen molar-refractivity contribution >= 4 is 17.8 Å². The number of aromatic nitrogens is 2. The maximum Gasteiger partial charge on any atom is 0.323 e. The topological polar surface area (TPSA) is 104 Å². The average Bonchev–Trinajstić information content (AvgIpc) is 2.78. The molecule has 130 valence electrons. The van der Waals surface area contributed by atoms with E-state index in [1.165, 1.54) is 18.0 Å². The summed E-state index contributed by atoms with van der Waals surface area (Å²) >= 11 is 0. The Morgan fingerprint density at radius 2 is 2.00 bits per heavy atom. The zero-order valence-electron chi connectivity index (χ0n) is 13.9. The van der Waals surface area contributed by atoms with Crippen LogP contribution in [0.15, 0.2) is 12.4 Å². The molecule has 1 unspecified atom stereocenters. The van der Waals surface area contributed by atoms with E-state index in [2.05, 4.69) is 9.97 Å². The van der Waals surface area contributed by atoms with Gasteiger partial charge in [-0.05, 0) is 26.2 Å². The molecule has 8 heteroatoms. The molecule has 0 spiro atoms. The highest BCUT2D eigenvalue weighted by Crippen LogP contribution is 2.18. The molecule has 2 heterocycles. The number of carbonyl (C=O) groups excluding carboxylic acids is 2. The second-order valence-corrected chi connectivity index (χ2v) is 5.96. The molecule has 1 atom stereocenters. The molecule has 1 aliphatic rings. The zero-order chi connectivity index (χ0) is 17.7. The number of carboxylic acid groups (broad SMARTS) is 1. The molecule has 8 nitrogen and oxygen atoms in total. The van der Waals surface area contributed by atoms with E-state index in [0.717, 1.165) is 5.69 Å². The quantitative estimate of drug-likeness (QED) is 0.870. The van der Waals surface area contributed by atoms with Gasteiger partial charge in [0.25, 0.3) is 5.91 Å². The third-order valence-corrected chi connectivity index (χ3v) is 4.14. The van der Waals surface area contributed by atoms with Crippen LogP contribution >= 0.6 is 0 Å². The summed E-state index contributed by atoms with van der Waals surface area (Å²) in [7, 11) is 0. The molecule has 1 saturated heterocycles. The molecule has 1 aromatic heterocycles. The molecule has 1 fully saturated rings. The van der Waals surface area contributed by atoms with Crippen LogP contribution in [0, 0.1) is 6.92 Å². The van der Waals surface area contributed by atoms with Crippen molar-refractivity contribution in [3.8, 4) is 0 Å². The molecule has 1 N–H and O–H groups in total. The Balaban J connectivity index is 2.03. The Labute approximate surface area is 140 Å². The van der Waals surface area contributed by atoms with E-state index in [1.807, 2.05) is 0 Å². The second kappa shape index (κ2) is 7.85. The standard InChI is InChI=1S/C16H22N4O4/c1-11-8-18-14(9-17-11)16(24)19-6-3-4-13(5-7-19)20(12(2)21)10-15(22)23/h8-9,13H,3-7,10H2,1-2H3,(H,22,23). The predicted octanol–water partition coefficient (Wildman–Crippen LogP) is 0.713. The van der Waals surface area contributed by atoms with Crippen molar-refractivity contribution in [3.05, 3.63) is 23.8 Å². The highest BCUT2D eigenvalue weighted by Gasteiger charge is 2.28. The van der Waals surface area contributed by atoms with Gasteiger partial charge in [0.1, 0.15) is 12.2 Å². The SMILES string of the molecule is CC(=O)N(CC(=O)O)C1CCCN(C(=O)c2cnc(C)cn2)CC1. The Hall–Kier alpha value is -2.51.